The number of rotatable bonds is 7. The molecule has 0 aliphatic carbocycles. The molecule has 0 saturated heterocycles. The van der Waals surface area contributed by atoms with Crippen molar-refractivity contribution < 1.29 is 14.3 Å². The van der Waals surface area contributed by atoms with Crippen LogP contribution in [0.1, 0.15) is 21.7 Å². The van der Waals surface area contributed by atoms with Gasteiger partial charge >= 0.3 is 5.97 Å². The minimum absolute atomic E-state index is 0.0385. The number of carbonyl (C=O) groups excluding carboxylic acids is 1. The molecule has 0 aliphatic rings. The maximum atomic E-state index is 12.3. The molecule has 1 aromatic heterocycles. The normalized spacial score (nSPS) is 10.4. The van der Waals surface area contributed by atoms with Crippen molar-refractivity contribution in [2.45, 2.75) is 13.2 Å². The zero-order valence-corrected chi connectivity index (χ0v) is 14.8. The fraction of sp³-hybridized carbons (Fsp3) is 0.158. The number of methoxy groups -OCH3 is 1. The second-order valence-corrected chi connectivity index (χ2v) is 5.63. The third-order valence-electron chi connectivity index (χ3n) is 3.53. The summed E-state index contributed by atoms with van der Waals surface area (Å²) in [4.78, 5) is 24.5. The summed E-state index contributed by atoms with van der Waals surface area (Å²) < 4.78 is 10.4. The predicted octanol–water partition coefficient (Wildman–Crippen LogP) is 2.70. The summed E-state index contributed by atoms with van der Waals surface area (Å²) in [5, 5.41) is 3.03. The maximum Gasteiger partial charge on any atom is 0.338 e. The Morgan fingerprint density at radius 1 is 1.04 bits per heavy atom. The van der Waals surface area contributed by atoms with Gasteiger partial charge in [0.25, 0.3) is 0 Å². The van der Waals surface area contributed by atoms with Gasteiger partial charge in [-0.05, 0) is 29.8 Å². The second-order valence-electron chi connectivity index (χ2n) is 5.63. The molecule has 3 N–H and O–H groups in total. The lowest BCUT2D eigenvalue weighted by Crippen LogP contribution is -2.11. The van der Waals surface area contributed by atoms with E-state index in [0.717, 1.165) is 11.3 Å². The molecule has 3 rings (SSSR count). The molecule has 0 aliphatic heterocycles. The first-order valence-corrected chi connectivity index (χ1v) is 8.21. The number of carbonyl (C=O) groups is 1. The third kappa shape index (κ3) is 5.23. The number of hydrogen-bond donors (Lipinski definition) is 2. The minimum atomic E-state index is -0.482. The number of nitrogens with one attached hydrogen (secondary N) is 1. The van der Waals surface area contributed by atoms with E-state index in [-0.39, 0.29) is 24.3 Å². The van der Waals surface area contributed by atoms with Crippen LogP contribution in [0.4, 0.5) is 17.6 Å². The molecule has 0 saturated carbocycles. The van der Waals surface area contributed by atoms with Crippen molar-refractivity contribution in [2.24, 2.45) is 0 Å². The Morgan fingerprint density at radius 3 is 2.63 bits per heavy atom. The molecule has 138 valence electrons. The molecule has 0 spiro atoms. The molecule has 8 heteroatoms. The van der Waals surface area contributed by atoms with Crippen molar-refractivity contribution >= 4 is 23.6 Å². The fourth-order valence-corrected chi connectivity index (χ4v) is 2.38. The summed E-state index contributed by atoms with van der Waals surface area (Å²) >= 11 is 0. The van der Waals surface area contributed by atoms with Crippen LogP contribution in [0.5, 0.6) is 0 Å². The highest BCUT2D eigenvalue weighted by Crippen LogP contribution is 2.14. The Kier molecular flexibility index (Phi) is 5.91. The highest BCUT2D eigenvalue weighted by Gasteiger charge is 2.11. The van der Waals surface area contributed by atoms with Gasteiger partial charge in [0.1, 0.15) is 0 Å². The van der Waals surface area contributed by atoms with Gasteiger partial charge in [-0.15, -0.1) is 0 Å². The number of nitrogens with two attached hydrogens (primary N) is 1. The van der Waals surface area contributed by atoms with Crippen molar-refractivity contribution in [3.63, 3.8) is 0 Å². The number of aromatic nitrogens is 3. The van der Waals surface area contributed by atoms with Crippen LogP contribution in [0, 0.1) is 0 Å². The Morgan fingerprint density at radius 2 is 1.85 bits per heavy atom. The lowest BCUT2D eigenvalue weighted by molar-refractivity contribution is 0.0462. The summed E-state index contributed by atoms with van der Waals surface area (Å²) in [5.74, 6) is 0.0882. The Hall–Kier alpha value is -3.52. The molecule has 0 radical (unpaired) electrons. The molecule has 0 bridgehead atoms. The largest absolute Gasteiger partial charge is 0.454 e. The standard InChI is InChI=1S/C19H19N5O3/c1-26-11-13-6-5-7-14(10-13)17(25)27-12-16-22-18(20)24-19(23-16)21-15-8-3-2-4-9-15/h2-10H,11-12H2,1H3,(H3,20,21,22,23,24). The first kappa shape index (κ1) is 18.3. The summed E-state index contributed by atoms with van der Waals surface area (Å²) in [6, 6.07) is 16.4. The SMILES string of the molecule is COCc1cccc(C(=O)OCc2nc(N)nc(Nc3ccccc3)n2)c1. The van der Waals surface area contributed by atoms with Crippen LogP contribution >= 0.6 is 0 Å². The minimum Gasteiger partial charge on any atom is -0.454 e. The summed E-state index contributed by atoms with van der Waals surface area (Å²) in [6.45, 7) is 0.295. The second kappa shape index (κ2) is 8.72. The number of benzene rings is 2. The van der Waals surface area contributed by atoms with E-state index in [0.29, 0.717) is 12.2 Å². The smallest absolute Gasteiger partial charge is 0.338 e. The van der Waals surface area contributed by atoms with Gasteiger partial charge in [0, 0.05) is 12.8 Å². The van der Waals surface area contributed by atoms with Gasteiger partial charge in [-0.3, -0.25) is 0 Å². The Bertz CT molecular complexity index is 918. The average molecular weight is 365 g/mol. The van der Waals surface area contributed by atoms with Gasteiger partial charge < -0.3 is 20.5 Å². The van der Waals surface area contributed by atoms with Crippen molar-refractivity contribution in [3.05, 3.63) is 71.5 Å². The number of para-hydroxylation sites is 1. The first-order valence-electron chi connectivity index (χ1n) is 8.21. The van der Waals surface area contributed by atoms with E-state index in [4.69, 9.17) is 15.2 Å². The Labute approximate surface area is 156 Å². The van der Waals surface area contributed by atoms with E-state index < -0.39 is 5.97 Å². The van der Waals surface area contributed by atoms with Gasteiger partial charge in [0.05, 0.1) is 12.2 Å². The molecule has 2 aromatic carbocycles. The lowest BCUT2D eigenvalue weighted by atomic mass is 10.1. The average Bonchev–Trinajstić information content (AvgIpc) is 2.67. The van der Waals surface area contributed by atoms with Crippen LogP contribution < -0.4 is 11.1 Å². The molecule has 0 unspecified atom stereocenters. The number of nitrogens with zero attached hydrogens (tertiary/aromatic N) is 3. The molecule has 8 nitrogen and oxygen atoms in total. The van der Waals surface area contributed by atoms with E-state index in [1.54, 1.807) is 25.3 Å². The number of esters is 1. The highest BCUT2D eigenvalue weighted by atomic mass is 16.5. The van der Waals surface area contributed by atoms with E-state index in [1.165, 1.54) is 0 Å². The fourth-order valence-electron chi connectivity index (χ4n) is 2.38. The molecule has 3 aromatic rings. The molecule has 1 heterocycles. The number of anilines is 3. The zero-order chi connectivity index (χ0) is 19.1. The molecular formula is C19H19N5O3. The van der Waals surface area contributed by atoms with Crippen LogP contribution in [0.15, 0.2) is 54.6 Å². The van der Waals surface area contributed by atoms with Crippen molar-refractivity contribution in [1.29, 1.82) is 0 Å². The summed E-state index contributed by atoms with van der Waals surface area (Å²) in [6.07, 6.45) is 0. The zero-order valence-electron chi connectivity index (χ0n) is 14.8. The van der Waals surface area contributed by atoms with E-state index in [9.17, 15) is 4.79 Å². The van der Waals surface area contributed by atoms with E-state index in [2.05, 4.69) is 20.3 Å². The molecule has 0 amide bonds. The predicted molar refractivity (Wildman–Crippen MR) is 100 cm³/mol. The van der Waals surface area contributed by atoms with Gasteiger partial charge in [-0.1, -0.05) is 30.3 Å². The van der Waals surface area contributed by atoms with Crippen LogP contribution in [0.3, 0.4) is 0 Å². The highest BCUT2D eigenvalue weighted by molar-refractivity contribution is 5.89. The van der Waals surface area contributed by atoms with Gasteiger partial charge in [0.2, 0.25) is 11.9 Å². The molecule has 0 atom stereocenters. The van der Waals surface area contributed by atoms with E-state index >= 15 is 0 Å². The lowest BCUT2D eigenvalue weighted by Gasteiger charge is -2.08. The quantitative estimate of drug-likeness (QED) is 0.615. The monoisotopic (exact) mass is 365 g/mol. The molecule has 27 heavy (non-hydrogen) atoms. The van der Waals surface area contributed by atoms with E-state index in [1.807, 2.05) is 36.4 Å². The van der Waals surface area contributed by atoms with Gasteiger partial charge in [0.15, 0.2) is 12.4 Å². The van der Waals surface area contributed by atoms with Crippen LogP contribution in [-0.4, -0.2) is 28.0 Å². The van der Waals surface area contributed by atoms with Crippen molar-refractivity contribution in [2.75, 3.05) is 18.2 Å². The molecular weight excluding hydrogens is 346 g/mol. The summed E-state index contributed by atoms with van der Waals surface area (Å²) in [7, 11) is 1.59. The van der Waals surface area contributed by atoms with Gasteiger partial charge in [-0.2, -0.15) is 15.0 Å². The maximum absolute atomic E-state index is 12.3. The van der Waals surface area contributed by atoms with Crippen molar-refractivity contribution in [3.8, 4) is 0 Å². The number of ether oxygens (including phenoxy) is 2. The molecule has 0 fully saturated rings. The number of hydrogen-bond acceptors (Lipinski definition) is 8. The van der Waals surface area contributed by atoms with Crippen LogP contribution in [0.25, 0.3) is 0 Å². The van der Waals surface area contributed by atoms with Crippen LogP contribution in [-0.2, 0) is 22.7 Å². The summed E-state index contributed by atoms with van der Waals surface area (Å²) in [5.41, 5.74) is 7.84. The Balaban J connectivity index is 1.67. The number of nitrogen functional groups attached to an aromatic ring is 1. The first-order chi connectivity index (χ1) is 13.1. The van der Waals surface area contributed by atoms with Gasteiger partial charge in [-0.25, -0.2) is 4.79 Å². The third-order valence-corrected chi connectivity index (χ3v) is 3.53. The van der Waals surface area contributed by atoms with Crippen LogP contribution in [0.2, 0.25) is 0 Å². The van der Waals surface area contributed by atoms with Crippen molar-refractivity contribution in [1.82, 2.24) is 15.0 Å². The topological polar surface area (TPSA) is 112 Å².